The Morgan fingerprint density at radius 1 is 0.266 bits per heavy atom. The molecule has 1 aromatic heterocycles. The first-order valence-corrected chi connectivity index (χ1v) is 22.0. The summed E-state index contributed by atoms with van der Waals surface area (Å²) in [4.78, 5) is 2.36. The quantitative estimate of drug-likeness (QED) is 0.139. The molecule has 0 saturated heterocycles. The monoisotopic (exact) mass is 814 g/mol. The molecule has 12 rings (SSSR count). The van der Waals surface area contributed by atoms with E-state index in [4.69, 9.17) is 0 Å². The van der Waals surface area contributed by atoms with Crippen molar-refractivity contribution in [3.05, 3.63) is 255 Å². The van der Waals surface area contributed by atoms with Crippen molar-refractivity contribution in [1.82, 2.24) is 4.57 Å². The largest absolute Gasteiger partial charge is 0.310 e. The summed E-state index contributed by atoms with van der Waals surface area (Å²) in [7, 11) is 0. The molecular formula is C62H42N2. The van der Waals surface area contributed by atoms with Gasteiger partial charge in [0.1, 0.15) is 0 Å². The Labute approximate surface area is 373 Å². The zero-order chi connectivity index (χ0) is 42.4. The predicted octanol–water partition coefficient (Wildman–Crippen LogP) is 17.2. The summed E-state index contributed by atoms with van der Waals surface area (Å²) in [5.41, 5.74) is 16.6. The smallest absolute Gasteiger partial charge is 0.0541 e. The van der Waals surface area contributed by atoms with Gasteiger partial charge in [0.05, 0.1) is 16.7 Å². The number of aromatic nitrogens is 1. The summed E-state index contributed by atoms with van der Waals surface area (Å²) in [5, 5.41) is 7.52. The molecule has 12 aromatic rings. The van der Waals surface area contributed by atoms with Gasteiger partial charge < -0.3 is 9.47 Å². The van der Waals surface area contributed by atoms with Crippen molar-refractivity contribution in [2.24, 2.45) is 0 Å². The minimum absolute atomic E-state index is 1.10. The maximum absolute atomic E-state index is 2.41. The molecule has 0 bridgehead atoms. The molecule has 0 saturated carbocycles. The van der Waals surface area contributed by atoms with Gasteiger partial charge in [-0.3, -0.25) is 0 Å². The van der Waals surface area contributed by atoms with Crippen LogP contribution in [0, 0.1) is 0 Å². The average molecular weight is 815 g/mol. The molecule has 0 atom stereocenters. The SMILES string of the molecule is c1ccc(-c2ccccc2N(c2ccccc2)c2ccc(-c3ccc4c(c3)c3ccccc3n4-c3ccc(-c4c5ccccc5c(-c5ccccc5)c5ccccc45)cc3)cc2)cc1. The Bertz CT molecular complexity index is 3570. The molecule has 1 heterocycles. The van der Waals surface area contributed by atoms with E-state index in [-0.39, 0.29) is 0 Å². The summed E-state index contributed by atoms with van der Waals surface area (Å²) in [6.45, 7) is 0. The first-order valence-electron chi connectivity index (χ1n) is 22.0. The van der Waals surface area contributed by atoms with Crippen molar-refractivity contribution < 1.29 is 0 Å². The van der Waals surface area contributed by atoms with Crippen molar-refractivity contribution in [3.8, 4) is 50.2 Å². The van der Waals surface area contributed by atoms with E-state index in [1.807, 2.05) is 0 Å². The number of nitrogens with zero attached hydrogens (tertiary/aromatic N) is 2. The van der Waals surface area contributed by atoms with Crippen LogP contribution in [0.1, 0.15) is 0 Å². The second-order valence-electron chi connectivity index (χ2n) is 16.4. The molecule has 300 valence electrons. The van der Waals surface area contributed by atoms with Crippen molar-refractivity contribution in [2.75, 3.05) is 4.90 Å². The molecule has 0 aliphatic carbocycles. The first kappa shape index (κ1) is 37.3. The standard InChI is InChI=1S/C62H42N2/c1-4-18-44(19-5-1)51-24-14-16-30-58(51)63(48-22-8-3-9-23-48)49-37-32-43(33-38-49)47-36-41-60-57(42-47)52-25-15-17-31-59(52)64(60)50-39-34-46(35-40-50)62-55-28-12-10-26-53(55)61(45-20-6-2-7-21-45)54-27-11-13-29-56(54)62/h1-42H. The van der Waals surface area contributed by atoms with E-state index in [9.17, 15) is 0 Å². The summed E-state index contributed by atoms with van der Waals surface area (Å²) in [5.74, 6) is 0. The molecule has 2 heteroatoms. The highest BCUT2D eigenvalue weighted by Crippen LogP contribution is 2.45. The predicted molar refractivity (Wildman–Crippen MR) is 272 cm³/mol. The highest BCUT2D eigenvalue weighted by Gasteiger charge is 2.20. The number of anilines is 3. The summed E-state index contributed by atoms with van der Waals surface area (Å²) in [6.07, 6.45) is 0. The lowest BCUT2D eigenvalue weighted by Crippen LogP contribution is -2.11. The van der Waals surface area contributed by atoms with E-state index in [1.165, 1.54) is 87.9 Å². The minimum Gasteiger partial charge on any atom is -0.310 e. The molecular weight excluding hydrogens is 773 g/mol. The molecule has 11 aromatic carbocycles. The van der Waals surface area contributed by atoms with Crippen molar-refractivity contribution in [1.29, 1.82) is 0 Å². The normalized spacial score (nSPS) is 11.4. The third-order valence-corrected chi connectivity index (χ3v) is 12.8. The van der Waals surface area contributed by atoms with Gasteiger partial charge in [-0.1, -0.05) is 194 Å². The van der Waals surface area contributed by atoms with Crippen LogP contribution in [-0.2, 0) is 0 Å². The van der Waals surface area contributed by atoms with Gasteiger partial charge in [0, 0.05) is 33.4 Å². The Morgan fingerprint density at radius 3 is 1.33 bits per heavy atom. The van der Waals surface area contributed by atoms with Crippen molar-refractivity contribution >= 4 is 60.4 Å². The van der Waals surface area contributed by atoms with Crippen LogP contribution in [0.4, 0.5) is 17.1 Å². The van der Waals surface area contributed by atoms with E-state index in [1.54, 1.807) is 0 Å². The number of hydrogen-bond acceptors (Lipinski definition) is 1. The topological polar surface area (TPSA) is 8.17 Å². The van der Waals surface area contributed by atoms with Gasteiger partial charge in [-0.05, 0) is 121 Å². The molecule has 0 spiro atoms. The summed E-state index contributed by atoms with van der Waals surface area (Å²) >= 11 is 0. The lowest BCUT2D eigenvalue weighted by molar-refractivity contribution is 1.18. The lowest BCUT2D eigenvalue weighted by atomic mass is 9.86. The maximum atomic E-state index is 2.41. The fourth-order valence-corrected chi connectivity index (χ4v) is 9.90. The highest BCUT2D eigenvalue weighted by atomic mass is 15.1. The molecule has 64 heavy (non-hydrogen) atoms. The molecule has 0 aliphatic rings. The van der Waals surface area contributed by atoms with Crippen molar-refractivity contribution in [3.63, 3.8) is 0 Å². The zero-order valence-corrected chi connectivity index (χ0v) is 35.1. The molecule has 0 N–H and O–H groups in total. The van der Waals surface area contributed by atoms with Crippen LogP contribution < -0.4 is 4.90 Å². The van der Waals surface area contributed by atoms with Crippen LogP contribution in [0.25, 0.3) is 93.5 Å². The average Bonchev–Trinajstić information content (AvgIpc) is 3.70. The summed E-state index contributed by atoms with van der Waals surface area (Å²) < 4.78 is 2.41. The maximum Gasteiger partial charge on any atom is 0.0541 e. The minimum atomic E-state index is 1.10. The molecule has 0 fully saturated rings. The Morgan fingerprint density at radius 2 is 0.703 bits per heavy atom. The third kappa shape index (κ3) is 6.35. The fourth-order valence-electron chi connectivity index (χ4n) is 9.90. The molecule has 2 nitrogen and oxygen atoms in total. The number of para-hydroxylation sites is 3. The van der Waals surface area contributed by atoms with Crippen LogP contribution in [0.2, 0.25) is 0 Å². The summed E-state index contributed by atoms with van der Waals surface area (Å²) in [6, 6.07) is 92.4. The van der Waals surface area contributed by atoms with E-state index in [0.717, 1.165) is 22.7 Å². The van der Waals surface area contributed by atoms with Crippen LogP contribution in [0.3, 0.4) is 0 Å². The second kappa shape index (κ2) is 15.8. The number of hydrogen-bond donors (Lipinski definition) is 0. The number of benzene rings is 11. The van der Waals surface area contributed by atoms with Gasteiger partial charge >= 0.3 is 0 Å². The number of rotatable bonds is 8. The van der Waals surface area contributed by atoms with E-state index < -0.39 is 0 Å². The van der Waals surface area contributed by atoms with Crippen LogP contribution in [-0.4, -0.2) is 4.57 Å². The Balaban J connectivity index is 0.931. The van der Waals surface area contributed by atoms with E-state index in [0.29, 0.717) is 0 Å². The molecule has 0 amide bonds. The fraction of sp³-hybridized carbons (Fsp3) is 0. The van der Waals surface area contributed by atoms with Gasteiger partial charge in [0.2, 0.25) is 0 Å². The highest BCUT2D eigenvalue weighted by molar-refractivity contribution is 6.21. The van der Waals surface area contributed by atoms with Crippen LogP contribution >= 0.6 is 0 Å². The third-order valence-electron chi connectivity index (χ3n) is 12.8. The Hall–Kier alpha value is -8.46. The Kier molecular flexibility index (Phi) is 9.20. The lowest BCUT2D eigenvalue weighted by Gasteiger charge is -2.28. The van der Waals surface area contributed by atoms with E-state index in [2.05, 4.69) is 264 Å². The molecule has 0 radical (unpaired) electrons. The zero-order valence-electron chi connectivity index (χ0n) is 35.1. The molecule has 0 aliphatic heterocycles. The van der Waals surface area contributed by atoms with Crippen molar-refractivity contribution in [2.45, 2.75) is 0 Å². The number of fused-ring (bicyclic) bond motifs is 5. The first-order chi connectivity index (χ1) is 31.8. The van der Waals surface area contributed by atoms with Gasteiger partial charge in [-0.25, -0.2) is 0 Å². The van der Waals surface area contributed by atoms with Gasteiger partial charge in [-0.2, -0.15) is 0 Å². The van der Waals surface area contributed by atoms with Crippen LogP contribution in [0.5, 0.6) is 0 Å². The second-order valence-corrected chi connectivity index (χ2v) is 16.4. The van der Waals surface area contributed by atoms with Gasteiger partial charge in [0.15, 0.2) is 0 Å². The van der Waals surface area contributed by atoms with Crippen LogP contribution in [0.15, 0.2) is 255 Å². The van der Waals surface area contributed by atoms with E-state index >= 15 is 0 Å². The molecule has 0 unspecified atom stereocenters. The van der Waals surface area contributed by atoms with Gasteiger partial charge in [-0.15, -0.1) is 0 Å². The van der Waals surface area contributed by atoms with Gasteiger partial charge in [0.25, 0.3) is 0 Å².